The first-order valence-electron chi connectivity index (χ1n) is 10.4. The Morgan fingerprint density at radius 2 is 1.80 bits per heavy atom. The molecule has 1 fully saturated rings. The lowest BCUT2D eigenvalue weighted by molar-refractivity contribution is -0.130. The van der Waals surface area contributed by atoms with Gasteiger partial charge in [0.1, 0.15) is 17.4 Å². The average molecular weight is 422 g/mol. The van der Waals surface area contributed by atoms with Crippen molar-refractivity contribution in [2.24, 2.45) is 0 Å². The summed E-state index contributed by atoms with van der Waals surface area (Å²) in [5.41, 5.74) is 2.16. The van der Waals surface area contributed by atoms with E-state index in [1.54, 1.807) is 11.3 Å². The zero-order chi connectivity index (χ0) is 20.6. The molecule has 0 saturated carbocycles. The number of aromatic nitrogens is 1. The van der Waals surface area contributed by atoms with Crippen LogP contribution in [0.25, 0.3) is 0 Å². The smallest absolute Gasteiger partial charge is 0.227 e. The third-order valence-corrected chi connectivity index (χ3v) is 6.07. The lowest BCUT2D eigenvalue weighted by Gasteiger charge is -2.21. The summed E-state index contributed by atoms with van der Waals surface area (Å²) >= 11 is 1.69. The summed E-state index contributed by atoms with van der Waals surface area (Å²) in [4.78, 5) is 21.6. The topological polar surface area (TPSA) is 45.7 Å². The molecule has 0 aliphatic carbocycles. The summed E-state index contributed by atoms with van der Waals surface area (Å²) in [5, 5.41) is 3.16. The van der Waals surface area contributed by atoms with E-state index in [1.807, 2.05) is 71.1 Å². The van der Waals surface area contributed by atoms with Crippen LogP contribution in [-0.4, -0.2) is 46.9 Å². The fourth-order valence-electron chi connectivity index (χ4n) is 3.63. The third-order valence-electron chi connectivity index (χ3n) is 5.31. The molecule has 2 aromatic carbocycles. The number of ether oxygens (including phenoxy) is 1. The maximum atomic E-state index is 12.8. The highest BCUT2D eigenvalue weighted by Crippen LogP contribution is 2.16. The van der Waals surface area contributed by atoms with E-state index < -0.39 is 0 Å². The molecule has 1 saturated heterocycles. The van der Waals surface area contributed by atoms with Gasteiger partial charge in [0.05, 0.1) is 13.0 Å². The number of amides is 1. The van der Waals surface area contributed by atoms with Gasteiger partial charge in [0.15, 0.2) is 0 Å². The van der Waals surface area contributed by atoms with E-state index in [9.17, 15) is 4.79 Å². The Bertz CT molecular complexity index is 913. The number of carbonyl (C=O) groups excluding carboxylic acids is 1. The fraction of sp³-hybridized carbons (Fsp3) is 0.333. The lowest BCUT2D eigenvalue weighted by atomic mass is 10.1. The predicted octanol–water partition coefficient (Wildman–Crippen LogP) is 4.00. The van der Waals surface area contributed by atoms with Gasteiger partial charge in [-0.15, -0.1) is 11.3 Å². The molecule has 0 unspecified atom stereocenters. The van der Waals surface area contributed by atoms with Gasteiger partial charge in [-0.1, -0.05) is 42.5 Å². The van der Waals surface area contributed by atoms with E-state index in [0.29, 0.717) is 13.0 Å². The van der Waals surface area contributed by atoms with Gasteiger partial charge in [0.2, 0.25) is 5.91 Å². The van der Waals surface area contributed by atoms with E-state index in [1.165, 1.54) is 0 Å². The SMILES string of the molecule is O=C(Cc1ccc(OCc2ccccc2)cc1)N1CCCN(Cc2nccs2)CC1. The van der Waals surface area contributed by atoms with Gasteiger partial charge in [-0.25, -0.2) is 4.98 Å². The molecule has 0 atom stereocenters. The van der Waals surface area contributed by atoms with Crippen LogP contribution in [-0.2, 0) is 24.4 Å². The number of benzene rings is 2. The maximum Gasteiger partial charge on any atom is 0.227 e. The maximum absolute atomic E-state index is 12.8. The monoisotopic (exact) mass is 421 g/mol. The molecular weight excluding hydrogens is 394 g/mol. The van der Waals surface area contributed by atoms with Crippen LogP contribution in [0.3, 0.4) is 0 Å². The van der Waals surface area contributed by atoms with Crippen LogP contribution in [0, 0.1) is 0 Å². The molecular formula is C24H27N3O2S. The first-order valence-corrected chi connectivity index (χ1v) is 11.3. The number of thiazole rings is 1. The average Bonchev–Trinajstić information content (AvgIpc) is 3.18. The summed E-state index contributed by atoms with van der Waals surface area (Å²) in [6.45, 7) is 4.94. The van der Waals surface area contributed by atoms with Gasteiger partial charge >= 0.3 is 0 Å². The van der Waals surface area contributed by atoms with Crippen molar-refractivity contribution in [3.05, 3.63) is 82.3 Å². The van der Waals surface area contributed by atoms with Crippen molar-refractivity contribution in [2.75, 3.05) is 26.2 Å². The number of rotatable bonds is 7. The van der Waals surface area contributed by atoms with Crippen molar-refractivity contribution in [1.82, 2.24) is 14.8 Å². The minimum Gasteiger partial charge on any atom is -0.489 e. The number of hydrogen-bond donors (Lipinski definition) is 0. The van der Waals surface area contributed by atoms with Gasteiger partial charge in [0, 0.05) is 37.8 Å². The minimum absolute atomic E-state index is 0.198. The van der Waals surface area contributed by atoms with Crippen LogP contribution in [0.15, 0.2) is 66.2 Å². The fourth-order valence-corrected chi connectivity index (χ4v) is 4.29. The number of nitrogens with zero attached hydrogens (tertiary/aromatic N) is 3. The van der Waals surface area contributed by atoms with E-state index in [0.717, 1.165) is 61.0 Å². The number of carbonyl (C=O) groups is 1. The van der Waals surface area contributed by atoms with Crippen LogP contribution in [0.4, 0.5) is 0 Å². The predicted molar refractivity (Wildman–Crippen MR) is 120 cm³/mol. The largest absolute Gasteiger partial charge is 0.489 e. The Kier molecular flexibility index (Phi) is 7.11. The first kappa shape index (κ1) is 20.6. The summed E-state index contributed by atoms with van der Waals surface area (Å²) in [6.07, 6.45) is 3.29. The van der Waals surface area contributed by atoms with Crippen LogP contribution >= 0.6 is 11.3 Å². The zero-order valence-corrected chi connectivity index (χ0v) is 17.9. The van der Waals surface area contributed by atoms with Crippen molar-refractivity contribution in [2.45, 2.75) is 26.0 Å². The quantitative estimate of drug-likeness (QED) is 0.579. The summed E-state index contributed by atoms with van der Waals surface area (Å²) in [7, 11) is 0. The van der Waals surface area contributed by atoms with Crippen molar-refractivity contribution in [3.8, 4) is 5.75 Å². The molecule has 2 heterocycles. The molecule has 1 aromatic heterocycles. The summed E-state index contributed by atoms with van der Waals surface area (Å²) in [6, 6.07) is 18.0. The van der Waals surface area contributed by atoms with Gasteiger partial charge in [-0.05, 0) is 29.7 Å². The van der Waals surface area contributed by atoms with Gasteiger partial charge in [0.25, 0.3) is 0 Å². The molecule has 0 spiro atoms. The molecule has 5 nitrogen and oxygen atoms in total. The molecule has 0 radical (unpaired) electrons. The normalized spacial score (nSPS) is 15.0. The first-order chi connectivity index (χ1) is 14.8. The zero-order valence-electron chi connectivity index (χ0n) is 17.1. The Balaban J connectivity index is 1.25. The van der Waals surface area contributed by atoms with Crippen LogP contribution < -0.4 is 4.74 Å². The Hall–Kier alpha value is -2.70. The summed E-state index contributed by atoms with van der Waals surface area (Å²) < 4.78 is 5.83. The van der Waals surface area contributed by atoms with Crippen LogP contribution in [0.2, 0.25) is 0 Å². The molecule has 1 aliphatic rings. The number of hydrogen-bond acceptors (Lipinski definition) is 5. The van der Waals surface area contributed by atoms with E-state index in [-0.39, 0.29) is 5.91 Å². The van der Waals surface area contributed by atoms with Crippen molar-refractivity contribution >= 4 is 17.2 Å². The second-order valence-corrected chi connectivity index (χ2v) is 8.51. The molecule has 30 heavy (non-hydrogen) atoms. The Morgan fingerprint density at radius 1 is 0.967 bits per heavy atom. The molecule has 156 valence electrons. The van der Waals surface area contributed by atoms with Gasteiger partial charge in [-0.2, -0.15) is 0 Å². The minimum atomic E-state index is 0.198. The highest BCUT2D eigenvalue weighted by molar-refractivity contribution is 7.09. The lowest BCUT2D eigenvalue weighted by Crippen LogP contribution is -2.36. The molecule has 0 bridgehead atoms. The second-order valence-electron chi connectivity index (χ2n) is 7.53. The molecule has 1 aliphatic heterocycles. The molecule has 3 aromatic rings. The summed E-state index contributed by atoms with van der Waals surface area (Å²) in [5.74, 6) is 1.02. The van der Waals surface area contributed by atoms with Crippen LogP contribution in [0.5, 0.6) is 5.75 Å². The molecule has 1 amide bonds. The second kappa shape index (κ2) is 10.4. The van der Waals surface area contributed by atoms with Gasteiger partial charge < -0.3 is 9.64 Å². The van der Waals surface area contributed by atoms with Crippen LogP contribution in [0.1, 0.15) is 22.6 Å². The Labute approximate surface area is 181 Å². The van der Waals surface area contributed by atoms with Gasteiger partial charge in [-0.3, -0.25) is 9.69 Å². The molecule has 6 heteroatoms. The van der Waals surface area contributed by atoms with Crippen molar-refractivity contribution < 1.29 is 9.53 Å². The standard InChI is InChI=1S/C24H27N3O2S/c28-24(27-13-4-12-26(14-15-27)18-23-25-11-16-30-23)17-20-7-9-22(10-8-20)29-19-21-5-2-1-3-6-21/h1-3,5-11,16H,4,12-15,17-19H2. The third kappa shape index (κ3) is 5.90. The van der Waals surface area contributed by atoms with Crippen molar-refractivity contribution in [3.63, 3.8) is 0 Å². The van der Waals surface area contributed by atoms with E-state index in [4.69, 9.17) is 4.74 Å². The Morgan fingerprint density at radius 3 is 2.57 bits per heavy atom. The van der Waals surface area contributed by atoms with E-state index >= 15 is 0 Å². The molecule has 4 rings (SSSR count). The molecule has 0 N–H and O–H groups in total. The highest BCUT2D eigenvalue weighted by atomic mass is 32.1. The highest BCUT2D eigenvalue weighted by Gasteiger charge is 2.19. The van der Waals surface area contributed by atoms with Crippen molar-refractivity contribution in [1.29, 1.82) is 0 Å². The van der Waals surface area contributed by atoms with E-state index in [2.05, 4.69) is 9.88 Å².